The summed E-state index contributed by atoms with van der Waals surface area (Å²) >= 11 is 0. The standard InChI is InChI=1S/C36H33N5O9S/c1-3-50-34-33(43)41(36(46)39(34)21-23-12-6-4-7-13-23)30(32(42)38-27-20-25(35(44)45)18-19-28(27)49-2)31-37-26-16-10-11-17-29(26)51(47,48)40(31)22-24-14-8-5-9-15-24/h4-20,30,34H,3,21-22H2,1-2H3,(H,38,42)(H,44,45). The van der Waals surface area contributed by atoms with Gasteiger partial charge in [-0.05, 0) is 48.4 Å². The Morgan fingerprint density at radius 2 is 1.53 bits per heavy atom. The van der Waals surface area contributed by atoms with E-state index in [1.165, 1.54) is 37.4 Å². The number of carbonyl (C=O) groups excluding carboxylic acids is 3. The van der Waals surface area contributed by atoms with Crippen LogP contribution < -0.4 is 10.1 Å². The molecule has 1 fully saturated rings. The van der Waals surface area contributed by atoms with Gasteiger partial charge in [0.25, 0.3) is 21.8 Å². The number of hydrogen-bond acceptors (Lipinski definition) is 9. The van der Waals surface area contributed by atoms with Gasteiger partial charge >= 0.3 is 12.0 Å². The molecule has 262 valence electrons. The second-order valence-corrected chi connectivity index (χ2v) is 13.3. The summed E-state index contributed by atoms with van der Waals surface area (Å²) in [5.41, 5.74) is 0.877. The monoisotopic (exact) mass is 711 g/mol. The molecule has 4 aromatic rings. The van der Waals surface area contributed by atoms with Crippen molar-refractivity contribution in [2.45, 2.75) is 37.2 Å². The molecule has 2 unspecified atom stereocenters. The highest BCUT2D eigenvalue weighted by Gasteiger charge is 2.54. The van der Waals surface area contributed by atoms with Crippen molar-refractivity contribution in [3.05, 3.63) is 120 Å². The minimum Gasteiger partial charge on any atom is -0.495 e. The van der Waals surface area contributed by atoms with E-state index in [2.05, 4.69) is 10.3 Å². The number of ether oxygens (including phenoxy) is 2. The second-order valence-electron chi connectivity index (χ2n) is 11.5. The lowest BCUT2D eigenvalue weighted by molar-refractivity contribution is -0.144. The van der Waals surface area contributed by atoms with Gasteiger partial charge in [0.1, 0.15) is 10.6 Å². The maximum absolute atomic E-state index is 14.7. The van der Waals surface area contributed by atoms with Gasteiger partial charge in [0.15, 0.2) is 11.9 Å². The number of fused-ring (bicyclic) bond motifs is 1. The van der Waals surface area contributed by atoms with E-state index in [0.29, 0.717) is 16.0 Å². The van der Waals surface area contributed by atoms with Gasteiger partial charge in [-0.1, -0.05) is 72.8 Å². The average Bonchev–Trinajstić information content (AvgIpc) is 3.34. The average molecular weight is 712 g/mol. The Labute approximate surface area is 293 Å². The number of sulfonamides is 1. The van der Waals surface area contributed by atoms with E-state index in [4.69, 9.17) is 9.47 Å². The Balaban J connectivity index is 1.54. The fraction of sp³-hybridized carbons (Fsp3) is 0.194. The number of nitrogens with zero attached hydrogens (tertiary/aromatic N) is 4. The molecule has 0 aromatic heterocycles. The number of nitrogens with one attached hydrogen (secondary N) is 1. The molecular weight excluding hydrogens is 678 g/mol. The van der Waals surface area contributed by atoms with Crippen LogP contribution in [0.3, 0.4) is 0 Å². The number of imide groups is 1. The van der Waals surface area contributed by atoms with E-state index in [-0.39, 0.29) is 47.3 Å². The third-order valence-electron chi connectivity index (χ3n) is 8.25. The number of para-hydroxylation sites is 1. The van der Waals surface area contributed by atoms with Crippen molar-refractivity contribution >= 4 is 51.0 Å². The summed E-state index contributed by atoms with van der Waals surface area (Å²) in [5, 5.41) is 12.2. The van der Waals surface area contributed by atoms with Gasteiger partial charge in [-0.3, -0.25) is 14.5 Å². The number of hydrogen-bond donors (Lipinski definition) is 2. The van der Waals surface area contributed by atoms with Gasteiger partial charge in [0.2, 0.25) is 6.23 Å². The number of aromatic carboxylic acids is 1. The smallest absolute Gasteiger partial charge is 0.335 e. The number of carboxylic acid groups (broad SMARTS) is 1. The van der Waals surface area contributed by atoms with Gasteiger partial charge in [-0.15, -0.1) is 0 Å². The van der Waals surface area contributed by atoms with Crippen LogP contribution in [-0.4, -0.2) is 83.3 Å². The van der Waals surface area contributed by atoms with Crippen molar-refractivity contribution in [1.82, 2.24) is 14.1 Å². The quantitative estimate of drug-likeness (QED) is 0.201. The van der Waals surface area contributed by atoms with Crippen molar-refractivity contribution in [2.24, 2.45) is 4.99 Å². The number of carbonyl (C=O) groups is 4. The molecule has 6 rings (SSSR count). The van der Waals surface area contributed by atoms with E-state index in [0.717, 1.165) is 15.3 Å². The molecule has 0 radical (unpaired) electrons. The summed E-state index contributed by atoms with van der Waals surface area (Å²) < 4.78 is 40.8. The largest absolute Gasteiger partial charge is 0.495 e. The molecule has 14 nitrogen and oxygen atoms in total. The molecule has 4 aromatic carbocycles. The van der Waals surface area contributed by atoms with Crippen LogP contribution in [-0.2, 0) is 37.4 Å². The molecule has 2 aliphatic heterocycles. The maximum atomic E-state index is 14.7. The molecule has 15 heteroatoms. The highest BCUT2D eigenvalue weighted by molar-refractivity contribution is 7.90. The summed E-state index contributed by atoms with van der Waals surface area (Å²) in [6.45, 7) is 1.29. The van der Waals surface area contributed by atoms with Crippen LogP contribution in [0.4, 0.5) is 16.2 Å². The second kappa shape index (κ2) is 14.4. The first kappa shape index (κ1) is 34.8. The summed E-state index contributed by atoms with van der Waals surface area (Å²) in [4.78, 5) is 61.6. The molecule has 2 atom stereocenters. The van der Waals surface area contributed by atoms with Crippen LogP contribution in [0, 0.1) is 0 Å². The fourth-order valence-corrected chi connectivity index (χ4v) is 7.44. The highest BCUT2D eigenvalue weighted by atomic mass is 32.2. The molecule has 0 aliphatic carbocycles. The molecule has 4 amide bonds. The highest BCUT2D eigenvalue weighted by Crippen LogP contribution is 2.37. The lowest BCUT2D eigenvalue weighted by Gasteiger charge is -2.35. The zero-order valence-electron chi connectivity index (χ0n) is 27.5. The minimum absolute atomic E-state index is 0.0124. The topological polar surface area (TPSA) is 175 Å². The first-order valence-corrected chi connectivity index (χ1v) is 17.2. The van der Waals surface area contributed by atoms with Crippen molar-refractivity contribution in [3.63, 3.8) is 0 Å². The third-order valence-corrected chi connectivity index (χ3v) is 10.0. The van der Waals surface area contributed by atoms with Gasteiger partial charge in [0, 0.05) is 6.61 Å². The Bertz CT molecular complexity index is 2130. The van der Waals surface area contributed by atoms with Gasteiger partial charge in [-0.25, -0.2) is 32.2 Å². The summed E-state index contributed by atoms with van der Waals surface area (Å²) in [6.07, 6.45) is -1.46. The molecule has 2 N–H and O–H groups in total. The van der Waals surface area contributed by atoms with Gasteiger partial charge in [0.05, 0.1) is 37.1 Å². The lowest BCUT2D eigenvalue weighted by Crippen LogP contribution is -2.58. The number of urea groups is 1. The predicted octanol–water partition coefficient (Wildman–Crippen LogP) is 4.46. The molecule has 0 bridgehead atoms. The fourth-order valence-electron chi connectivity index (χ4n) is 5.86. The maximum Gasteiger partial charge on any atom is 0.335 e. The van der Waals surface area contributed by atoms with Crippen LogP contribution in [0.2, 0.25) is 0 Å². The third kappa shape index (κ3) is 6.76. The summed E-state index contributed by atoms with van der Waals surface area (Å²) in [7, 11) is -3.13. The van der Waals surface area contributed by atoms with Crippen LogP contribution in [0.15, 0.2) is 113 Å². The van der Waals surface area contributed by atoms with Gasteiger partial charge in [-0.2, -0.15) is 0 Å². The normalized spacial score (nSPS) is 17.1. The SMILES string of the molecule is CCOC1C(=O)N(C(C(=O)Nc2cc(C(=O)O)ccc2OC)C2=Nc3ccccc3S(=O)(=O)N2Cc2ccccc2)C(=O)N1Cc1ccccc1. The van der Waals surface area contributed by atoms with Crippen molar-refractivity contribution in [3.8, 4) is 5.75 Å². The van der Waals surface area contributed by atoms with E-state index >= 15 is 0 Å². The van der Waals surface area contributed by atoms with Crippen LogP contribution in [0.5, 0.6) is 5.75 Å². The number of amidine groups is 1. The molecule has 1 saturated heterocycles. The van der Waals surface area contributed by atoms with Crippen LogP contribution >= 0.6 is 0 Å². The number of carboxylic acids is 1. The number of methoxy groups -OCH3 is 1. The van der Waals surface area contributed by atoms with Crippen LogP contribution in [0.25, 0.3) is 0 Å². The number of rotatable bonds is 12. The Kier molecular flexibility index (Phi) is 9.84. The molecule has 0 spiro atoms. The molecule has 2 heterocycles. The molecule has 2 aliphatic rings. The first-order valence-electron chi connectivity index (χ1n) is 15.8. The minimum atomic E-state index is -4.44. The number of amides is 4. The van der Waals surface area contributed by atoms with Gasteiger partial charge < -0.3 is 19.9 Å². The Hall–Kier alpha value is -6.06. The van der Waals surface area contributed by atoms with Crippen molar-refractivity contribution in [2.75, 3.05) is 19.0 Å². The first-order chi connectivity index (χ1) is 24.5. The Morgan fingerprint density at radius 3 is 2.16 bits per heavy atom. The van der Waals surface area contributed by atoms with E-state index in [9.17, 15) is 32.7 Å². The molecular formula is C36H33N5O9S. The molecule has 51 heavy (non-hydrogen) atoms. The predicted molar refractivity (Wildman–Crippen MR) is 185 cm³/mol. The molecule has 0 saturated carbocycles. The zero-order valence-corrected chi connectivity index (χ0v) is 28.3. The Morgan fingerprint density at radius 1 is 0.902 bits per heavy atom. The summed E-state index contributed by atoms with van der Waals surface area (Å²) in [6, 6.07) is 24.1. The number of benzene rings is 4. The van der Waals surface area contributed by atoms with Crippen molar-refractivity contribution in [1.29, 1.82) is 0 Å². The van der Waals surface area contributed by atoms with E-state index in [1.807, 2.05) is 0 Å². The van der Waals surface area contributed by atoms with E-state index in [1.54, 1.807) is 73.7 Å². The van der Waals surface area contributed by atoms with E-state index < -0.39 is 51.9 Å². The van der Waals surface area contributed by atoms with Crippen LogP contribution in [0.1, 0.15) is 28.4 Å². The zero-order chi connectivity index (χ0) is 36.3. The number of aliphatic imine (C=N–C) groups is 1. The number of anilines is 1. The summed E-state index contributed by atoms with van der Waals surface area (Å²) in [5.74, 6) is -3.67. The lowest BCUT2D eigenvalue weighted by atomic mass is 10.1. The van der Waals surface area contributed by atoms with Crippen molar-refractivity contribution < 1.29 is 42.2 Å².